The largest absolute Gasteiger partial charge is 0.481 e. The molecule has 3 amide bonds. The van der Waals surface area contributed by atoms with Crippen molar-refractivity contribution in [2.45, 2.75) is 61.0 Å². The molecule has 0 radical (unpaired) electrons. The lowest BCUT2D eigenvalue weighted by Gasteiger charge is -2.23. The van der Waals surface area contributed by atoms with Crippen molar-refractivity contribution in [3.8, 4) is 0 Å². The number of carboxylic acid groups (broad SMARTS) is 1. The number of carboxylic acids is 1. The smallest absolute Gasteiger partial charge is 0.303 e. The van der Waals surface area contributed by atoms with Crippen molar-refractivity contribution in [2.75, 3.05) is 4.90 Å². The van der Waals surface area contributed by atoms with Gasteiger partial charge in [-0.1, -0.05) is 29.3 Å². The summed E-state index contributed by atoms with van der Waals surface area (Å²) >= 11 is 0. The quantitative estimate of drug-likeness (QED) is 0.136. The molecule has 2 atom stereocenters. The molecule has 1 aliphatic heterocycles. The van der Waals surface area contributed by atoms with Gasteiger partial charge in [-0.05, 0) is 66.3 Å². The number of carbonyl (C=O) groups is 4. The third kappa shape index (κ3) is 7.34. The molecule has 0 bridgehead atoms. The normalized spacial score (nSPS) is 16.6. The minimum atomic E-state index is -4.85. The molecule has 2 unspecified atom stereocenters. The zero-order valence-corrected chi connectivity index (χ0v) is 22.9. The van der Waals surface area contributed by atoms with E-state index in [1.807, 2.05) is 19.1 Å². The number of pyridine rings is 1. The molecule has 1 saturated heterocycles. The highest BCUT2D eigenvalue weighted by Crippen LogP contribution is 2.43. The van der Waals surface area contributed by atoms with Gasteiger partial charge in [-0.15, -0.1) is 0 Å². The number of hydrogen-bond acceptors (Lipinski definition) is 9. The number of nitrogens with zero attached hydrogens (tertiary/aromatic N) is 2. The molecule has 1 aromatic heterocycles. The third-order valence-corrected chi connectivity index (χ3v) is 9.72. The minimum Gasteiger partial charge on any atom is -0.481 e. The number of primary amides is 1. The number of aromatic nitrogens is 1. The van der Waals surface area contributed by atoms with Gasteiger partial charge in [0, 0.05) is 17.9 Å². The van der Waals surface area contributed by atoms with Gasteiger partial charge in [0.25, 0.3) is 21.9 Å². The number of unbranched alkanes of at least 4 members (excludes halogenated alkanes) is 2. The highest BCUT2D eigenvalue weighted by molar-refractivity contribution is 8.76. The third-order valence-electron chi connectivity index (χ3n) is 5.90. The molecule has 2 heterocycles. The van der Waals surface area contributed by atoms with E-state index in [2.05, 4.69) is 4.98 Å². The second kappa shape index (κ2) is 12.7. The first-order valence-electron chi connectivity index (χ1n) is 11.7. The Morgan fingerprint density at radius 1 is 1.21 bits per heavy atom. The van der Waals surface area contributed by atoms with Crippen LogP contribution in [0.2, 0.25) is 0 Å². The fourth-order valence-corrected chi connectivity index (χ4v) is 6.83. The lowest BCUT2D eigenvalue weighted by atomic mass is 9.94. The summed E-state index contributed by atoms with van der Waals surface area (Å²) in [5.41, 5.74) is 6.54. The molecule has 1 fully saturated rings. The summed E-state index contributed by atoms with van der Waals surface area (Å²) < 4.78 is 32.9. The first kappa shape index (κ1) is 29.6. The minimum absolute atomic E-state index is 0.000187. The fraction of sp³-hybridized carbons (Fsp3) is 0.375. The number of aryl methyl sites for hydroxylation is 1. The molecule has 0 saturated carbocycles. The van der Waals surface area contributed by atoms with Gasteiger partial charge >= 0.3 is 5.97 Å². The Bertz CT molecular complexity index is 1330. The van der Waals surface area contributed by atoms with E-state index < -0.39 is 45.5 Å². The Balaban J connectivity index is 2.01. The van der Waals surface area contributed by atoms with Gasteiger partial charge in [0.2, 0.25) is 5.91 Å². The molecule has 0 spiro atoms. The number of aliphatic carboxylic acids is 1. The van der Waals surface area contributed by atoms with Crippen molar-refractivity contribution in [2.24, 2.45) is 5.73 Å². The number of carbonyl (C=O) groups excluding carboxylic acids is 3. The highest BCUT2D eigenvalue weighted by Gasteiger charge is 2.47. The van der Waals surface area contributed by atoms with E-state index in [9.17, 15) is 32.1 Å². The molecule has 38 heavy (non-hydrogen) atoms. The van der Waals surface area contributed by atoms with Gasteiger partial charge in [-0.25, -0.2) is 9.88 Å². The summed E-state index contributed by atoms with van der Waals surface area (Å²) in [5.74, 6) is -3.87. The van der Waals surface area contributed by atoms with E-state index in [1.165, 1.54) is 27.7 Å². The molecule has 0 aliphatic carbocycles. The van der Waals surface area contributed by atoms with E-state index in [4.69, 9.17) is 10.8 Å². The Labute approximate surface area is 227 Å². The standard InChI is InChI=1S/C24H27N3O8S3/c1-14(36-37-19-8-5-6-10-26-19)16-11-15(7-3-2-4-9-21(29)30)22(23(25)31)17(12-16)27-20(28)13-18(24(27)32)38(33,34)35/h5-6,8,10-12,14,18H,2-4,7,9,13H2,1H3,(H2,25,31)(H,29,30)(H,33,34,35). The predicted octanol–water partition coefficient (Wildman–Crippen LogP) is 3.39. The van der Waals surface area contributed by atoms with Gasteiger partial charge in [-0.3, -0.25) is 23.7 Å². The van der Waals surface area contributed by atoms with Gasteiger partial charge < -0.3 is 10.8 Å². The maximum atomic E-state index is 12.9. The number of rotatable bonds is 13. The van der Waals surface area contributed by atoms with Crippen molar-refractivity contribution in [1.82, 2.24) is 4.98 Å². The van der Waals surface area contributed by atoms with Crippen LogP contribution in [0.1, 0.15) is 65.8 Å². The number of anilines is 1. The lowest BCUT2D eigenvalue weighted by Crippen LogP contribution is -2.36. The fourth-order valence-electron chi connectivity index (χ4n) is 4.03. The predicted molar refractivity (Wildman–Crippen MR) is 143 cm³/mol. The maximum Gasteiger partial charge on any atom is 0.303 e. The van der Waals surface area contributed by atoms with Crippen LogP contribution in [0.25, 0.3) is 0 Å². The van der Waals surface area contributed by atoms with Crippen molar-refractivity contribution < 1.29 is 37.3 Å². The van der Waals surface area contributed by atoms with Crippen LogP contribution in [-0.2, 0) is 30.9 Å². The summed E-state index contributed by atoms with van der Waals surface area (Å²) in [6, 6.07) is 8.69. The molecule has 2 aromatic rings. The van der Waals surface area contributed by atoms with Crippen molar-refractivity contribution >= 4 is 61.1 Å². The molecular formula is C24H27N3O8S3. The van der Waals surface area contributed by atoms with Crippen LogP contribution in [0.3, 0.4) is 0 Å². The van der Waals surface area contributed by atoms with E-state index in [0.717, 1.165) is 5.03 Å². The summed E-state index contributed by atoms with van der Waals surface area (Å²) in [6.07, 6.45) is 2.70. The van der Waals surface area contributed by atoms with E-state index in [-0.39, 0.29) is 22.9 Å². The maximum absolute atomic E-state index is 12.9. The number of hydrogen-bond donors (Lipinski definition) is 3. The second-order valence-electron chi connectivity index (χ2n) is 8.66. The molecule has 1 aromatic carbocycles. The van der Waals surface area contributed by atoms with Crippen molar-refractivity contribution in [3.05, 3.63) is 53.2 Å². The second-order valence-corrected chi connectivity index (χ2v) is 12.8. The van der Waals surface area contributed by atoms with E-state index >= 15 is 0 Å². The summed E-state index contributed by atoms with van der Waals surface area (Å²) in [5, 5.41) is 7.43. The van der Waals surface area contributed by atoms with Gasteiger partial charge in [0.15, 0.2) is 5.25 Å². The first-order valence-corrected chi connectivity index (χ1v) is 15.4. The summed E-state index contributed by atoms with van der Waals surface area (Å²) in [4.78, 5) is 54.0. The zero-order chi connectivity index (χ0) is 28.0. The average molecular weight is 582 g/mol. The van der Waals surface area contributed by atoms with Crippen molar-refractivity contribution in [3.63, 3.8) is 0 Å². The zero-order valence-electron chi connectivity index (χ0n) is 20.4. The number of imide groups is 1. The van der Waals surface area contributed by atoms with Gasteiger partial charge in [-0.2, -0.15) is 8.42 Å². The molecule has 204 valence electrons. The average Bonchev–Trinajstić information content (AvgIpc) is 3.16. The van der Waals surface area contributed by atoms with Crippen LogP contribution >= 0.6 is 21.6 Å². The topological polar surface area (TPSA) is 185 Å². The lowest BCUT2D eigenvalue weighted by molar-refractivity contribution is -0.137. The van der Waals surface area contributed by atoms with Crippen molar-refractivity contribution in [1.29, 1.82) is 0 Å². The number of amides is 3. The SMILES string of the molecule is CC(SSc1ccccn1)c1cc(CCCCCC(=O)O)c(C(N)=O)c(N2C(=O)CC(S(=O)(=O)O)C2=O)c1. The first-order chi connectivity index (χ1) is 17.9. The van der Waals surface area contributed by atoms with Crippen LogP contribution in [0.15, 0.2) is 41.6 Å². The Morgan fingerprint density at radius 3 is 2.53 bits per heavy atom. The summed E-state index contributed by atoms with van der Waals surface area (Å²) in [6.45, 7) is 1.88. The van der Waals surface area contributed by atoms with Crippen LogP contribution < -0.4 is 10.6 Å². The Morgan fingerprint density at radius 2 is 1.95 bits per heavy atom. The molecule has 1 aliphatic rings. The molecule has 14 heteroatoms. The van der Waals surface area contributed by atoms with Gasteiger partial charge in [0.05, 0.1) is 17.7 Å². The van der Waals surface area contributed by atoms with E-state index in [0.29, 0.717) is 41.7 Å². The van der Waals surface area contributed by atoms with Crippen LogP contribution in [0.5, 0.6) is 0 Å². The monoisotopic (exact) mass is 581 g/mol. The Kier molecular flexibility index (Phi) is 9.93. The van der Waals surface area contributed by atoms with Crippen LogP contribution in [-0.4, -0.2) is 52.0 Å². The van der Waals surface area contributed by atoms with Gasteiger partial charge in [0.1, 0.15) is 5.03 Å². The highest BCUT2D eigenvalue weighted by atomic mass is 33.1. The van der Waals surface area contributed by atoms with Crippen LogP contribution in [0.4, 0.5) is 5.69 Å². The number of benzene rings is 1. The molecule has 11 nitrogen and oxygen atoms in total. The molecule has 4 N–H and O–H groups in total. The Hall–Kier alpha value is -2.94. The van der Waals surface area contributed by atoms with E-state index in [1.54, 1.807) is 18.3 Å². The molecular weight excluding hydrogens is 554 g/mol. The van der Waals surface area contributed by atoms with Crippen LogP contribution in [0, 0.1) is 0 Å². The molecule has 3 rings (SSSR count). The summed E-state index contributed by atoms with van der Waals surface area (Å²) in [7, 11) is -2.00. The number of nitrogens with two attached hydrogens (primary N) is 1.